The molecule has 1 aromatic carbocycles. The van der Waals surface area contributed by atoms with Gasteiger partial charge in [-0.15, -0.1) is 0 Å². The summed E-state index contributed by atoms with van der Waals surface area (Å²) in [4.78, 5) is 43.4. The number of likely N-dealkylation sites (tertiary alicyclic amines) is 1. The third-order valence-electron chi connectivity index (χ3n) is 6.60. The van der Waals surface area contributed by atoms with Crippen molar-refractivity contribution in [2.75, 3.05) is 37.6 Å². The number of amides is 3. The van der Waals surface area contributed by atoms with Crippen molar-refractivity contribution in [3.63, 3.8) is 0 Å². The molecule has 3 amide bonds. The Labute approximate surface area is 166 Å². The molecule has 1 aromatic rings. The number of imide groups is 1. The molecular weight excluding hydrogens is 354 g/mol. The van der Waals surface area contributed by atoms with Crippen molar-refractivity contribution in [2.24, 2.45) is 5.41 Å². The maximum Gasteiger partial charge on any atom is 0.235 e. The SMILES string of the molecule is O=C(CCN1C(=O)CC2(CCCCC2)C1=O)N1CCN(c2ccccc2)CC1. The van der Waals surface area contributed by atoms with Crippen LogP contribution < -0.4 is 4.90 Å². The summed E-state index contributed by atoms with van der Waals surface area (Å²) in [6.45, 7) is 3.21. The highest BCUT2D eigenvalue weighted by molar-refractivity contribution is 6.06. The lowest BCUT2D eigenvalue weighted by atomic mass is 9.73. The van der Waals surface area contributed by atoms with E-state index in [1.54, 1.807) is 0 Å². The molecule has 3 aliphatic rings. The van der Waals surface area contributed by atoms with Crippen molar-refractivity contribution in [3.05, 3.63) is 30.3 Å². The fraction of sp³-hybridized carbons (Fsp3) is 0.591. The normalized spacial score (nSPS) is 22.2. The van der Waals surface area contributed by atoms with Crippen LogP contribution in [0.25, 0.3) is 0 Å². The van der Waals surface area contributed by atoms with Crippen molar-refractivity contribution in [3.8, 4) is 0 Å². The van der Waals surface area contributed by atoms with E-state index in [1.807, 2.05) is 23.1 Å². The summed E-state index contributed by atoms with van der Waals surface area (Å²) in [5.74, 6) is -0.0783. The van der Waals surface area contributed by atoms with Gasteiger partial charge in [0.05, 0.1) is 5.41 Å². The highest BCUT2D eigenvalue weighted by Gasteiger charge is 2.51. The lowest BCUT2D eigenvalue weighted by Gasteiger charge is -2.36. The number of hydrogen-bond acceptors (Lipinski definition) is 4. The highest BCUT2D eigenvalue weighted by Crippen LogP contribution is 2.45. The average Bonchev–Trinajstić information content (AvgIpc) is 2.96. The van der Waals surface area contributed by atoms with E-state index in [4.69, 9.17) is 0 Å². The van der Waals surface area contributed by atoms with Crippen LogP contribution in [0.2, 0.25) is 0 Å². The van der Waals surface area contributed by atoms with Gasteiger partial charge in [-0.05, 0) is 25.0 Å². The molecule has 1 spiro atoms. The molecule has 0 bridgehead atoms. The summed E-state index contributed by atoms with van der Waals surface area (Å²) in [6.07, 6.45) is 5.42. The van der Waals surface area contributed by atoms with Crippen molar-refractivity contribution in [1.29, 1.82) is 0 Å². The van der Waals surface area contributed by atoms with Gasteiger partial charge >= 0.3 is 0 Å². The van der Waals surface area contributed by atoms with Crippen LogP contribution in [-0.2, 0) is 14.4 Å². The van der Waals surface area contributed by atoms with Crippen molar-refractivity contribution in [2.45, 2.75) is 44.9 Å². The Kier molecular flexibility index (Phi) is 5.38. The fourth-order valence-corrected chi connectivity index (χ4v) is 4.92. The molecule has 0 radical (unpaired) electrons. The summed E-state index contributed by atoms with van der Waals surface area (Å²) in [5, 5.41) is 0. The minimum absolute atomic E-state index is 0.0288. The first-order chi connectivity index (χ1) is 13.6. The van der Waals surface area contributed by atoms with Gasteiger partial charge in [-0.1, -0.05) is 37.5 Å². The van der Waals surface area contributed by atoms with Crippen molar-refractivity contribution in [1.82, 2.24) is 9.80 Å². The molecule has 2 heterocycles. The van der Waals surface area contributed by atoms with Crippen LogP contribution in [0.3, 0.4) is 0 Å². The monoisotopic (exact) mass is 383 g/mol. The molecule has 6 nitrogen and oxygen atoms in total. The maximum absolute atomic E-state index is 12.9. The molecular formula is C22H29N3O3. The zero-order valence-corrected chi connectivity index (χ0v) is 16.4. The molecule has 28 heavy (non-hydrogen) atoms. The minimum Gasteiger partial charge on any atom is -0.368 e. The standard InChI is InChI=1S/C22H29N3O3/c26-19(24-15-13-23(14-16-24)18-7-3-1-4-8-18)9-12-25-20(27)17-22(21(25)28)10-5-2-6-11-22/h1,3-4,7-8H,2,5-6,9-17H2. The molecule has 0 unspecified atom stereocenters. The molecule has 0 N–H and O–H groups in total. The zero-order chi connectivity index (χ0) is 19.6. The fourth-order valence-electron chi connectivity index (χ4n) is 4.92. The topological polar surface area (TPSA) is 60.9 Å². The molecule has 1 saturated carbocycles. The maximum atomic E-state index is 12.9. The van der Waals surface area contributed by atoms with Gasteiger partial charge in [0.25, 0.3) is 0 Å². The molecule has 6 heteroatoms. The van der Waals surface area contributed by atoms with Crippen LogP contribution in [0.4, 0.5) is 5.69 Å². The van der Waals surface area contributed by atoms with Crippen molar-refractivity contribution < 1.29 is 14.4 Å². The number of benzene rings is 1. The smallest absolute Gasteiger partial charge is 0.235 e. The van der Waals surface area contributed by atoms with E-state index < -0.39 is 5.41 Å². The number of piperazine rings is 1. The van der Waals surface area contributed by atoms with Gasteiger partial charge in [-0.2, -0.15) is 0 Å². The number of anilines is 1. The van der Waals surface area contributed by atoms with Gasteiger partial charge in [0.2, 0.25) is 17.7 Å². The van der Waals surface area contributed by atoms with Crippen LogP contribution in [0.15, 0.2) is 30.3 Å². The summed E-state index contributed by atoms with van der Waals surface area (Å²) >= 11 is 0. The Morgan fingerprint density at radius 3 is 2.29 bits per heavy atom. The Balaban J connectivity index is 1.28. The summed E-state index contributed by atoms with van der Waals surface area (Å²) in [7, 11) is 0. The number of carbonyl (C=O) groups is 3. The predicted octanol–water partition coefficient (Wildman–Crippen LogP) is 2.43. The first-order valence-electron chi connectivity index (χ1n) is 10.5. The second-order valence-electron chi connectivity index (χ2n) is 8.32. The van der Waals surface area contributed by atoms with Crippen LogP contribution in [0, 0.1) is 5.41 Å². The Hall–Kier alpha value is -2.37. The van der Waals surface area contributed by atoms with Gasteiger partial charge < -0.3 is 9.80 Å². The largest absolute Gasteiger partial charge is 0.368 e. The van der Waals surface area contributed by atoms with Gasteiger partial charge in [0.1, 0.15) is 0 Å². The van der Waals surface area contributed by atoms with Gasteiger partial charge in [-0.25, -0.2) is 0 Å². The quantitative estimate of drug-likeness (QED) is 0.750. The van der Waals surface area contributed by atoms with E-state index in [0.717, 1.165) is 45.2 Å². The van der Waals surface area contributed by atoms with E-state index in [1.165, 1.54) is 10.6 Å². The predicted molar refractivity (Wildman–Crippen MR) is 107 cm³/mol. The Morgan fingerprint density at radius 2 is 1.61 bits per heavy atom. The lowest BCUT2D eigenvalue weighted by Crippen LogP contribution is -2.49. The summed E-state index contributed by atoms with van der Waals surface area (Å²) < 4.78 is 0. The second-order valence-corrected chi connectivity index (χ2v) is 8.32. The zero-order valence-electron chi connectivity index (χ0n) is 16.4. The summed E-state index contributed by atoms with van der Waals surface area (Å²) in [6, 6.07) is 10.2. The van der Waals surface area contributed by atoms with Crippen LogP contribution in [0.1, 0.15) is 44.9 Å². The van der Waals surface area contributed by atoms with Gasteiger partial charge in [-0.3, -0.25) is 19.3 Å². The first-order valence-corrected chi connectivity index (χ1v) is 10.5. The average molecular weight is 383 g/mol. The van der Waals surface area contributed by atoms with Gasteiger partial charge in [0.15, 0.2) is 0 Å². The molecule has 150 valence electrons. The van der Waals surface area contributed by atoms with E-state index in [2.05, 4.69) is 17.0 Å². The molecule has 2 saturated heterocycles. The number of rotatable bonds is 4. The first kappa shape index (κ1) is 19.0. The van der Waals surface area contributed by atoms with Crippen molar-refractivity contribution >= 4 is 23.4 Å². The van der Waals surface area contributed by atoms with E-state index in [0.29, 0.717) is 19.5 Å². The van der Waals surface area contributed by atoms with Crippen LogP contribution in [0.5, 0.6) is 0 Å². The Morgan fingerprint density at radius 1 is 0.929 bits per heavy atom. The highest BCUT2D eigenvalue weighted by atomic mass is 16.2. The lowest BCUT2D eigenvalue weighted by molar-refractivity contribution is -0.143. The molecule has 0 aromatic heterocycles. The van der Waals surface area contributed by atoms with E-state index >= 15 is 0 Å². The number of para-hydroxylation sites is 1. The molecule has 1 aliphatic carbocycles. The Bertz CT molecular complexity index is 735. The third kappa shape index (κ3) is 3.64. The molecule has 3 fully saturated rings. The van der Waals surface area contributed by atoms with E-state index in [9.17, 15) is 14.4 Å². The van der Waals surface area contributed by atoms with Gasteiger partial charge in [0, 0.05) is 51.3 Å². The summed E-state index contributed by atoms with van der Waals surface area (Å²) in [5.41, 5.74) is 0.723. The number of hydrogen-bond donors (Lipinski definition) is 0. The minimum atomic E-state index is -0.459. The number of carbonyl (C=O) groups excluding carboxylic acids is 3. The third-order valence-corrected chi connectivity index (χ3v) is 6.60. The number of nitrogens with zero attached hydrogens (tertiary/aromatic N) is 3. The molecule has 2 aliphatic heterocycles. The van der Waals surface area contributed by atoms with Crippen LogP contribution >= 0.6 is 0 Å². The van der Waals surface area contributed by atoms with Crippen LogP contribution in [-0.4, -0.2) is 60.2 Å². The molecule has 0 atom stereocenters. The molecule has 4 rings (SSSR count). The second kappa shape index (κ2) is 7.94. The van der Waals surface area contributed by atoms with E-state index in [-0.39, 0.29) is 30.7 Å².